The third kappa shape index (κ3) is 6.43. The van der Waals surface area contributed by atoms with Crippen molar-refractivity contribution in [1.82, 2.24) is 10.3 Å². The molecule has 6 heteroatoms. The highest BCUT2D eigenvalue weighted by atomic mass is 32.1. The summed E-state index contributed by atoms with van der Waals surface area (Å²) in [7, 11) is 3.27. The van der Waals surface area contributed by atoms with Crippen LogP contribution < -0.4 is 14.8 Å². The van der Waals surface area contributed by atoms with E-state index in [0.29, 0.717) is 18.0 Å². The normalized spacial score (nSPS) is 17.7. The van der Waals surface area contributed by atoms with Gasteiger partial charge in [0.1, 0.15) is 5.01 Å². The summed E-state index contributed by atoms with van der Waals surface area (Å²) >= 11 is 1.62. The molecule has 0 bridgehead atoms. The van der Waals surface area contributed by atoms with Crippen LogP contribution in [0.2, 0.25) is 0 Å². The number of thiazole rings is 1. The third-order valence-electron chi connectivity index (χ3n) is 7.03. The van der Waals surface area contributed by atoms with Crippen molar-refractivity contribution < 1.29 is 14.3 Å². The lowest BCUT2D eigenvalue weighted by Gasteiger charge is -2.27. The molecule has 1 N–H and O–H groups in total. The molecule has 5 nitrogen and oxygen atoms in total. The first-order valence-electron chi connectivity index (χ1n) is 12.7. The molecule has 0 saturated heterocycles. The minimum Gasteiger partial charge on any atom is -0.493 e. The van der Waals surface area contributed by atoms with Crippen LogP contribution in [0, 0.1) is 11.8 Å². The molecule has 1 heterocycles. The lowest BCUT2D eigenvalue weighted by molar-refractivity contribution is -0.126. The second-order valence-corrected chi connectivity index (χ2v) is 10.2. The molecular weight excluding hydrogens is 456 g/mol. The van der Waals surface area contributed by atoms with Gasteiger partial charge >= 0.3 is 0 Å². The van der Waals surface area contributed by atoms with Gasteiger partial charge < -0.3 is 14.8 Å². The number of carbonyl (C=O) groups is 1. The van der Waals surface area contributed by atoms with Crippen LogP contribution in [-0.4, -0.2) is 25.1 Å². The molecule has 0 atom stereocenters. The number of carbonyl (C=O) groups excluding carboxylic acids is 1. The highest BCUT2D eigenvalue weighted by molar-refractivity contribution is 7.13. The van der Waals surface area contributed by atoms with Crippen molar-refractivity contribution in [2.24, 2.45) is 11.8 Å². The molecule has 1 fully saturated rings. The Labute approximate surface area is 212 Å². The summed E-state index contributed by atoms with van der Waals surface area (Å²) in [5.74, 6) is 2.61. The number of nitrogens with one attached hydrogen (secondary N) is 1. The van der Waals surface area contributed by atoms with Gasteiger partial charge in [-0.3, -0.25) is 4.79 Å². The minimum atomic E-state index is 0.178. The third-order valence-corrected chi connectivity index (χ3v) is 7.93. The maximum Gasteiger partial charge on any atom is 0.223 e. The molecule has 2 aromatic carbocycles. The predicted molar refractivity (Wildman–Crippen MR) is 143 cm³/mol. The fraction of sp³-hybridized carbons (Fsp3) is 0.448. The standard InChI is InChI=1S/C29H36N2O3S/c1-4-5-6-20-7-11-22(12-8-20)28(32)30-18-21-9-13-23(14-10-21)29-31-25(19-35-29)24-15-16-26(33-2)27(17-24)34-3/h9-10,13-17,19-20,22H,4-8,11-12,18H2,1-3H3,(H,30,32). The van der Waals surface area contributed by atoms with Crippen LogP contribution >= 0.6 is 11.3 Å². The molecular formula is C29H36N2O3S. The van der Waals surface area contributed by atoms with Gasteiger partial charge in [0.2, 0.25) is 5.91 Å². The topological polar surface area (TPSA) is 60.5 Å². The van der Waals surface area contributed by atoms with E-state index in [4.69, 9.17) is 14.5 Å². The SMILES string of the molecule is CCCCC1CCC(C(=O)NCc2ccc(-c3nc(-c4ccc(OC)c(OC)c4)cs3)cc2)CC1. The number of benzene rings is 2. The first kappa shape index (κ1) is 25.2. The Morgan fingerprint density at radius 3 is 2.40 bits per heavy atom. The summed E-state index contributed by atoms with van der Waals surface area (Å²) in [6.45, 7) is 2.82. The number of rotatable bonds is 10. The van der Waals surface area contributed by atoms with E-state index >= 15 is 0 Å². The molecule has 0 radical (unpaired) electrons. The van der Waals surface area contributed by atoms with Gasteiger partial charge in [0.15, 0.2) is 11.5 Å². The Morgan fingerprint density at radius 1 is 1.00 bits per heavy atom. The van der Waals surface area contributed by atoms with Crippen molar-refractivity contribution in [3.63, 3.8) is 0 Å². The van der Waals surface area contributed by atoms with Gasteiger partial charge in [-0.15, -0.1) is 11.3 Å². The maximum absolute atomic E-state index is 12.7. The monoisotopic (exact) mass is 492 g/mol. The molecule has 4 rings (SSSR count). The number of nitrogens with zero attached hydrogens (tertiary/aromatic N) is 1. The van der Waals surface area contributed by atoms with Crippen molar-refractivity contribution in [2.45, 2.75) is 58.4 Å². The Balaban J connectivity index is 1.31. The largest absolute Gasteiger partial charge is 0.493 e. The van der Waals surface area contributed by atoms with Crippen LogP contribution in [0.5, 0.6) is 11.5 Å². The number of unbranched alkanes of at least 4 members (excludes halogenated alkanes) is 1. The minimum absolute atomic E-state index is 0.178. The molecule has 1 saturated carbocycles. The zero-order chi connectivity index (χ0) is 24.6. The molecule has 1 aliphatic carbocycles. The quantitative estimate of drug-likeness (QED) is 0.328. The van der Waals surface area contributed by atoms with E-state index in [1.807, 2.05) is 18.2 Å². The molecule has 1 amide bonds. The van der Waals surface area contributed by atoms with Gasteiger partial charge in [0.05, 0.1) is 19.9 Å². The number of hydrogen-bond donors (Lipinski definition) is 1. The Kier molecular flexibility index (Phi) is 8.80. The van der Waals surface area contributed by atoms with Gasteiger partial charge in [0.25, 0.3) is 0 Å². The van der Waals surface area contributed by atoms with Crippen LogP contribution in [-0.2, 0) is 11.3 Å². The van der Waals surface area contributed by atoms with Gasteiger partial charge in [-0.1, -0.05) is 50.5 Å². The zero-order valence-corrected chi connectivity index (χ0v) is 21.8. The Hall–Kier alpha value is -2.86. The predicted octanol–water partition coefficient (Wildman–Crippen LogP) is 7.11. The molecule has 0 spiro atoms. The summed E-state index contributed by atoms with van der Waals surface area (Å²) < 4.78 is 10.8. The molecule has 0 aliphatic heterocycles. The number of ether oxygens (including phenoxy) is 2. The average Bonchev–Trinajstić information content (AvgIpc) is 3.41. The fourth-order valence-electron chi connectivity index (χ4n) is 4.84. The molecule has 1 aliphatic rings. The highest BCUT2D eigenvalue weighted by Gasteiger charge is 2.25. The molecule has 1 aromatic heterocycles. The van der Waals surface area contributed by atoms with E-state index in [1.165, 1.54) is 32.1 Å². The lowest BCUT2D eigenvalue weighted by Crippen LogP contribution is -2.32. The van der Waals surface area contributed by atoms with E-state index in [9.17, 15) is 4.79 Å². The zero-order valence-electron chi connectivity index (χ0n) is 21.0. The number of methoxy groups -OCH3 is 2. The smallest absolute Gasteiger partial charge is 0.223 e. The molecule has 0 unspecified atom stereocenters. The Morgan fingerprint density at radius 2 is 1.71 bits per heavy atom. The summed E-state index contributed by atoms with van der Waals surface area (Å²) in [6, 6.07) is 14.2. The summed E-state index contributed by atoms with van der Waals surface area (Å²) in [5, 5.41) is 6.18. The van der Waals surface area contributed by atoms with Gasteiger partial charge in [-0.05, 0) is 55.4 Å². The summed E-state index contributed by atoms with van der Waals surface area (Å²) in [4.78, 5) is 17.5. The molecule has 3 aromatic rings. The number of hydrogen-bond acceptors (Lipinski definition) is 5. The van der Waals surface area contributed by atoms with Crippen molar-refractivity contribution in [3.8, 4) is 33.3 Å². The van der Waals surface area contributed by atoms with Crippen LogP contribution in [0.3, 0.4) is 0 Å². The van der Waals surface area contributed by atoms with E-state index in [0.717, 1.165) is 46.2 Å². The lowest BCUT2D eigenvalue weighted by atomic mass is 9.79. The van der Waals surface area contributed by atoms with Crippen molar-refractivity contribution in [3.05, 3.63) is 53.4 Å². The van der Waals surface area contributed by atoms with E-state index in [-0.39, 0.29) is 11.8 Å². The first-order valence-corrected chi connectivity index (χ1v) is 13.5. The van der Waals surface area contributed by atoms with Gasteiger partial charge in [-0.25, -0.2) is 4.98 Å². The maximum atomic E-state index is 12.7. The van der Waals surface area contributed by atoms with Gasteiger partial charge in [0, 0.05) is 29.0 Å². The second-order valence-electron chi connectivity index (χ2n) is 9.38. The van der Waals surface area contributed by atoms with Crippen LogP contribution in [0.15, 0.2) is 47.8 Å². The van der Waals surface area contributed by atoms with Crippen molar-refractivity contribution in [1.29, 1.82) is 0 Å². The Bertz CT molecular complexity index is 1100. The van der Waals surface area contributed by atoms with E-state index in [2.05, 4.69) is 41.9 Å². The van der Waals surface area contributed by atoms with E-state index < -0.39 is 0 Å². The van der Waals surface area contributed by atoms with Crippen LogP contribution in [0.4, 0.5) is 0 Å². The molecule has 186 valence electrons. The van der Waals surface area contributed by atoms with Gasteiger partial charge in [-0.2, -0.15) is 0 Å². The highest BCUT2D eigenvalue weighted by Crippen LogP contribution is 2.35. The van der Waals surface area contributed by atoms with Crippen LogP contribution in [0.25, 0.3) is 21.8 Å². The average molecular weight is 493 g/mol. The van der Waals surface area contributed by atoms with Crippen LogP contribution in [0.1, 0.15) is 57.4 Å². The number of aromatic nitrogens is 1. The summed E-state index contributed by atoms with van der Waals surface area (Å²) in [6.07, 6.45) is 8.37. The van der Waals surface area contributed by atoms with Crippen molar-refractivity contribution in [2.75, 3.05) is 14.2 Å². The van der Waals surface area contributed by atoms with E-state index in [1.54, 1.807) is 25.6 Å². The second kappa shape index (κ2) is 12.2. The summed E-state index contributed by atoms with van der Waals surface area (Å²) in [5.41, 5.74) is 4.08. The first-order chi connectivity index (χ1) is 17.1. The number of amides is 1. The fourth-order valence-corrected chi connectivity index (χ4v) is 5.67. The molecule has 35 heavy (non-hydrogen) atoms. The van der Waals surface area contributed by atoms with Crippen molar-refractivity contribution >= 4 is 17.2 Å².